The predicted molar refractivity (Wildman–Crippen MR) is 155 cm³/mol. The minimum Gasteiger partial charge on any atom is -0.496 e. The number of anilines is 2. The molecule has 3 aliphatic rings. The van der Waals surface area contributed by atoms with Gasteiger partial charge in [-0.2, -0.15) is 0 Å². The van der Waals surface area contributed by atoms with E-state index in [0.29, 0.717) is 55.1 Å². The highest BCUT2D eigenvalue weighted by Gasteiger charge is 2.33. The normalized spacial score (nSPS) is 20.1. The Balaban J connectivity index is 1.03. The van der Waals surface area contributed by atoms with Gasteiger partial charge >= 0.3 is 6.09 Å². The molecule has 2 amide bonds. The topological polar surface area (TPSA) is 127 Å². The van der Waals surface area contributed by atoms with Crippen molar-refractivity contribution in [2.75, 3.05) is 57.2 Å². The highest BCUT2D eigenvalue weighted by atomic mass is 16.6. The fourth-order valence-corrected chi connectivity index (χ4v) is 5.27. The molecule has 0 bridgehead atoms. The van der Waals surface area contributed by atoms with E-state index in [1.54, 1.807) is 19.2 Å². The van der Waals surface area contributed by atoms with Crippen molar-refractivity contribution in [3.05, 3.63) is 54.1 Å². The van der Waals surface area contributed by atoms with Crippen molar-refractivity contribution in [1.29, 1.82) is 0 Å². The van der Waals surface area contributed by atoms with Crippen molar-refractivity contribution >= 4 is 23.6 Å². The standard InChI is InChI=1S/C30H34N6O6/c1-35-11-9-22(16-35)41-28-14-23(39-2)13-24(32-28)20-5-3-4-19(12-20)15-31-10-8-21-17-36(30(38)42-21)26-7-6-25-29(33-26)34-27(37)18-40-25/h3-7,12-14,21-22,31H,8-11,15-18H2,1-2H3,(H,33,34,37)/t21-,22-/m0/s1. The van der Waals surface area contributed by atoms with Crippen molar-refractivity contribution in [3.63, 3.8) is 0 Å². The van der Waals surface area contributed by atoms with Crippen LogP contribution >= 0.6 is 0 Å². The van der Waals surface area contributed by atoms with E-state index in [-0.39, 0.29) is 24.7 Å². The number of ether oxygens (including phenoxy) is 4. The molecule has 0 radical (unpaired) electrons. The minimum absolute atomic E-state index is 0.0501. The number of benzene rings is 1. The first-order chi connectivity index (χ1) is 20.4. The third-order valence-electron chi connectivity index (χ3n) is 7.45. The first-order valence-electron chi connectivity index (χ1n) is 14.1. The number of rotatable bonds is 10. The molecule has 5 heterocycles. The second-order valence-electron chi connectivity index (χ2n) is 10.7. The summed E-state index contributed by atoms with van der Waals surface area (Å²) in [7, 11) is 3.74. The molecule has 0 aliphatic carbocycles. The van der Waals surface area contributed by atoms with E-state index in [9.17, 15) is 9.59 Å². The lowest BCUT2D eigenvalue weighted by molar-refractivity contribution is -0.118. The van der Waals surface area contributed by atoms with Gasteiger partial charge in [-0.15, -0.1) is 0 Å². The summed E-state index contributed by atoms with van der Waals surface area (Å²) in [4.78, 5) is 37.0. The Bertz CT molecular complexity index is 1470. The number of fused-ring (bicyclic) bond motifs is 1. The maximum atomic E-state index is 12.5. The molecule has 42 heavy (non-hydrogen) atoms. The zero-order valence-corrected chi connectivity index (χ0v) is 23.7. The number of nitrogens with zero attached hydrogens (tertiary/aromatic N) is 4. The zero-order valence-electron chi connectivity index (χ0n) is 23.7. The van der Waals surface area contributed by atoms with Gasteiger partial charge in [0.15, 0.2) is 18.2 Å². The maximum absolute atomic E-state index is 12.5. The Kier molecular flexibility index (Phi) is 8.06. The van der Waals surface area contributed by atoms with Crippen LogP contribution in [0.15, 0.2) is 48.5 Å². The van der Waals surface area contributed by atoms with Crippen LogP contribution in [0, 0.1) is 0 Å². The molecule has 6 rings (SSSR count). The van der Waals surface area contributed by atoms with Gasteiger partial charge in [-0.1, -0.05) is 18.2 Å². The van der Waals surface area contributed by atoms with Crippen molar-refractivity contribution in [3.8, 4) is 28.6 Å². The van der Waals surface area contributed by atoms with Crippen molar-refractivity contribution < 1.29 is 28.5 Å². The second kappa shape index (κ2) is 12.2. The van der Waals surface area contributed by atoms with E-state index >= 15 is 0 Å². The molecule has 1 aromatic carbocycles. The number of likely N-dealkylation sites (tertiary alicyclic amines) is 1. The Morgan fingerprint density at radius 1 is 1.12 bits per heavy atom. The van der Waals surface area contributed by atoms with Crippen LogP contribution in [0.4, 0.5) is 16.4 Å². The summed E-state index contributed by atoms with van der Waals surface area (Å²) in [5.41, 5.74) is 2.86. The van der Waals surface area contributed by atoms with E-state index in [4.69, 9.17) is 23.9 Å². The molecule has 3 aromatic rings. The molecule has 0 spiro atoms. The summed E-state index contributed by atoms with van der Waals surface area (Å²) in [5, 5.41) is 6.11. The van der Waals surface area contributed by atoms with Crippen LogP contribution < -0.4 is 29.7 Å². The highest BCUT2D eigenvalue weighted by molar-refractivity contribution is 5.95. The lowest BCUT2D eigenvalue weighted by Gasteiger charge is -2.19. The van der Waals surface area contributed by atoms with Gasteiger partial charge in [0.2, 0.25) is 5.88 Å². The monoisotopic (exact) mass is 574 g/mol. The molecular formula is C30H34N6O6. The molecule has 0 unspecified atom stereocenters. The minimum atomic E-state index is -0.461. The maximum Gasteiger partial charge on any atom is 0.415 e. The molecule has 2 atom stereocenters. The van der Waals surface area contributed by atoms with Gasteiger partial charge in [0, 0.05) is 37.3 Å². The van der Waals surface area contributed by atoms with Gasteiger partial charge in [-0.3, -0.25) is 9.69 Å². The SMILES string of the molecule is COc1cc(O[C@H]2CCN(C)C2)nc(-c2cccc(CNCC[C@H]3CN(c4ccc5c(n4)NC(=O)CO5)C(=O)O3)c2)c1. The molecule has 3 aliphatic heterocycles. The van der Waals surface area contributed by atoms with Gasteiger partial charge in [0.1, 0.15) is 23.8 Å². The van der Waals surface area contributed by atoms with Gasteiger partial charge in [-0.05, 0) is 50.2 Å². The molecule has 2 N–H and O–H groups in total. The van der Waals surface area contributed by atoms with Crippen LogP contribution in [0.25, 0.3) is 11.3 Å². The van der Waals surface area contributed by atoms with Gasteiger partial charge in [0.05, 0.1) is 19.3 Å². The third-order valence-corrected chi connectivity index (χ3v) is 7.45. The number of hydrogen-bond donors (Lipinski definition) is 2. The van der Waals surface area contributed by atoms with Crippen molar-refractivity contribution in [2.24, 2.45) is 0 Å². The van der Waals surface area contributed by atoms with Gasteiger partial charge < -0.3 is 34.5 Å². The molecular weight excluding hydrogens is 540 g/mol. The number of amides is 2. The number of cyclic esters (lactones) is 1. The summed E-state index contributed by atoms with van der Waals surface area (Å²) in [6.45, 7) is 3.52. The molecule has 2 saturated heterocycles. The summed E-state index contributed by atoms with van der Waals surface area (Å²) < 4.78 is 22.6. The van der Waals surface area contributed by atoms with Crippen molar-refractivity contribution in [1.82, 2.24) is 20.2 Å². The number of nitrogens with one attached hydrogen (secondary N) is 2. The largest absolute Gasteiger partial charge is 0.496 e. The molecule has 12 nitrogen and oxygen atoms in total. The predicted octanol–water partition coefficient (Wildman–Crippen LogP) is 3.07. The fourth-order valence-electron chi connectivity index (χ4n) is 5.27. The number of aromatic nitrogens is 2. The summed E-state index contributed by atoms with van der Waals surface area (Å²) >= 11 is 0. The third kappa shape index (κ3) is 6.39. The van der Waals surface area contributed by atoms with Crippen LogP contribution in [-0.4, -0.2) is 86.0 Å². The highest BCUT2D eigenvalue weighted by Crippen LogP contribution is 2.31. The first kappa shape index (κ1) is 27.7. The first-order valence-corrected chi connectivity index (χ1v) is 14.1. The van der Waals surface area contributed by atoms with Gasteiger partial charge in [0.25, 0.3) is 5.91 Å². The van der Waals surface area contributed by atoms with Crippen LogP contribution in [0.1, 0.15) is 18.4 Å². The van der Waals surface area contributed by atoms with E-state index in [1.165, 1.54) is 4.90 Å². The van der Waals surface area contributed by atoms with E-state index in [1.807, 2.05) is 24.3 Å². The number of pyridine rings is 2. The summed E-state index contributed by atoms with van der Waals surface area (Å²) in [6.07, 6.45) is 0.998. The summed E-state index contributed by atoms with van der Waals surface area (Å²) in [5.74, 6) is 2.18. The zero-order chi connectivity index (χ0) is 29.1. The average molecular weight is 575 g/mol. The van der Waals surface area contributed by atoms with E-state index < -0.39 is 6.09 Å². The number of carbonyl (C=O) groups excluding carboxylic acids is 2. The van der Waals surface area contributed by atoms with Crippen molar-refractivity contribution in [2.45, 2.75) is 31.6 Å². The molecule has 2 aromatic heterocycles. The Morgan fingerprint density at radius 3 is 2.86 bits per heavy atom. The molecule has 12 heteroatoms. The van der Waals surface area contributed by atoms with Crippen LogP contribution in [0.3, 0.4) is 0 Å². The van der Waals surface area contributed by atoms with E-state index in [0.717, 1.165) is 36.3 Å². The molecule has 0 saturated carbocycles. The molecule has 2 fully saturated rings. The smallest absolute Gasteiger partial charge is 0.415 e. The fraction of sp³-hybridized carbons (Fsp3) is 0.400. The lowest BCUT2D eigenvalue weighted by Crippen LogP contribution is -2.29. The van der Waals surface area contributed by atoms with Crippen LogP contribution in [-0.2, 0) is 16.1 Å². The quantitative estimate of drug-likeness (QED) is 0.349. The number of likely N-dealkylation sites (N-methyl/N-ethyl adjacent to an activating group) is 1. The lowest BCUT2D eigenvalue weighted by atomic mass is 10.1. The Labute approximate surface area is 243 Å². The second-order valence-corrected chi connectivity index (χ2v) is 10.7. The molecule has 220 valence electrons. The average Bonchev–Trinajstić information content (AvgIpc) is 3.58. The van der Waals surface area contributed by atoms with Crippen LogP contribution in [0.2, 0.25) is 0 Å². The number of hydrogen-bond acceptors (Lipinski definition) is 10. The Hall–Kier alpha value is -4.42. The Morgan fingerprint density at radius 2 is 2.02 bits per heavy atom. The number of methoxy groups -OCH3 is 1. The van der Waals surface area contributed by atoms with E-state index in [2.05, 4.69) is 39.7 Å². The summed E-state index contributed by atoms with van der Waals surface area (Å²) in [6, 6.07) is 15.3. The van der Waals surface area contributed by atoms with Gasteiger partial charge in [-0.25, -0.2) is 14.8 Å². The van der Waals surface area contributed by atoms with Crippen LogP contribution in [0.5, 0.6) is 17.4 Å². The number of carbonyl (C=O) groups is 2.